The number of aliphatic carboxylic acids is 1. The number of carboxylic acid groups (broad SMARTS) is 1. The van der Waals surface area contributed by atoms with Gasteiger partial charge in [-0.15, -0.1) is 0 Å². The van der Waals surface area contributed by atoms with E-state index < -0.39 is 5.97 Å². The summed E-state index contributed by atoms with van der Waals surface area (Å²) in [5.41, 5.74) is 2.10. The lowest BCUT2D eigenvalue weighted by Gasteiger charge is -2.21. The third-order valence-corrected chi connectivity index (χ3v) is 4.42. The van der Waals surface area contributed by atoms with E-state index in [9.17, 15) is 4.79 Å². The van der Waals surface area contributed by atoms with Gasteiger partial charge in [0.1, 0.15) is 5.82 Å². The largest absolute Gasteiger partial charge is 0.481 e. The number of aryl methyl sites for hydroxylation is 2. The number of aromatic amines is 1. The second kappa shape index (κ2) is 5.95. The van der Waals surface area contributed by atoms with Crippen LogP contribution < -0.4 is 0 Å². The van der Waals surface area contributed by atoms with Gasteiger partial charge >= 0.3 is 5.97 Å². The van der Waals surface area contributed by atoms with Crippen LogP contribution in [0.1, 0.15) is 49.3 Å². The molecule has 110 valence electrons. The van der Waals surface area contributed by atoms with Crippen molar-refractivity contribution in [2.45, 2.75) is 57.5 Å². The van der Waals surface area contributed by atoms with E-state index in [1.807, 2.05) is 0 Å². The first kappa shape index (κ1) is 13.6. The van der Waals surface area contributed by atoms with E-state index in [1.165, 1.54) is 12.8 Å². The van der Waals surface area contributed by atoms with Crippen molar-refractivity contribution in [1.82, 2.24) is 9.97 Å². The predicted octanol–water partition coefficient (Wildman–Crippen LogP) is 2.10. The number of fused-ring (bicyclic) bond motifs is 1. The highest BCUT2D eigenvalue weighted by Gasteiger charge is 2.27. The minimum atomic E-state index is -0.692. The summed E-state index contributed by atoms with van der Waals surface area (Å²) in [7, 11) is 0. The molecule has 1 aromatic heterocycles. The van der Waals surface area contributed by atoms with Crippen molar-refractivity contribution in [1.29, 1.82) is 0 Å². The lowest BCUT2D eigenvalue weighted by Crippen LogP contribution is -2.22. The quantitative estimate of drug-likeness (QED) is 0.884. The summed E-state index contributed by atoms with van der Waals surface area (Å²) in [6.45, 7) is 0.889. The first-order valence-corrected chi connectivity index (χ1v) is 7.63. The molecule has 3 rings (SSSR count). The van der Waals surface area contributed by atoms with Gasteiger partial charge in [0.05, 0.1) is 17.7 Å². The Hall–Kier alpha value is -1.36. The van der Waals surface area contributed by atoms with E-state index in [0.29, 0.717) is 18.9 Å². The summed E-state index contributed by atoms with van der Waals surface area (Å²) in [4.78, 5) is 19.0. The SMILES string of the molecule is O=C(O)C1CCc2nc(CCC3CCCCO3)[nH]c2C1. The number of H-pyrrole nitrogens is 1. The van der Waals surface area contributed by atoms with Crippen LogP contribution in [0.25, 0.3) is 0 Å². The highest BCUT2D eigenvalue weighted by molar-refractivity contribution is 5.70. The van der Waals surface area contributed by atoms with Crippen molar-refractivity contribution < 1.29 is 14.6 Å². The van der Waals surface area contributed by atoms with E-state index in [1.54, 1.807) is 0 Å². The van der Waals surface area contributed by atoms with Gasteiger partial charge in [-0.1, -0.05) is 0 Å². The summed E-state index contributed by atoms with van der Waals surface area (Å²) >= 11 is 0. The molecule has 0 spiro atoms. The normalized spacial score (nSPS) is 26.2. The van der Waals surface area contributed by atoms with E-state index in [-0.39, 0.29) is 5.92 Å². The molecule has 2 N–H and O–H groups in total. The highest BCUT2D eigenvalue weighted by atomic mass is 16.5. The Kier molecular flexibility index (Phi) is 4.05. The van der Waals surface area contributed by atoms with Crippen LogP contribution in [0.3, 0.4) is 0 Å². The average Bonchev–Trinajstić information content (AvgIpc) is 2.88. The molecule has 5 heteroatoms. The van der Waals surface area contributed by atoms with Crippen LogP contribution >= 0.6 is 0 Å². The highest BCUT2D eigenvalue weighted by Crippen LogP contribution is 2.25. The molecule has 0 saturated carbocycles. The third kappa shape index (κ3) is 3.03. The van der Waals surface area contributed by atoms with E-state index in [0.717, 1.165) is 49.5 Å². The standard InChI is InChI=1S/C15H22N2O3/c18-15(19)10-4-6-12-13(9-10)17-14(16-12)7-5-11-3-1-2-8-20-11/h10-11H,1-9H2,(H,16,17)(H,18,19). The Bertz CT molecular complexity index is 477. The number of aromatic nitrogens is 2. The maximum absolute atomic E-state index is 11.1. The molecule has 0 radical (unpaired) electrons. The summed E-state index contributed by atoms with van der Waals surface area (Å²) in [6, 6.07) is 0. The topological polar surface area (TPSA) is 75.2 Å². The molecule has 1 saturated heterocycles. The predicted molar refractivity (Wildman–Crippen MR) is 73.7 cm³/mol. The smallest absolute Gasteiger partial charge is 0.306 e. The van der Waals surface area contributed by atoms with Crippen LogP contribution in [0.4, 0.5) is 0 Å². The molecule has 20 heavy (non-hydrogen) atoms. The molecule has 0 aromatic carbocycles. The molecule has 1 aliphatic heterocycles. The monoisotopic (exact) mass is 278 g/mol. The van der Waals surface area contributed by atoms with Crippen molar-refractivity contribution in [3.63, 3.8) is 0 Å². The second-order valence-corrected chi connectivity index (χ2v) is 5.91. The van der Waals surface area contributed by atoms with Crippen LogP contribution in [0.15, 0.2) is 0 Å². The summed E-state index contributed by atoms with van der Waals surface area (Å²) in [6.07, 6.45) is 7.96. The van der Waals surface area contributed by atoms with Gasteiger partial charge in [0, 0.05) is 25.1 Å². The Balaban J connectivity index is 1.57. The number of hydrogen-bond acceptors (Lipinski definition) is 3. The van der Waals surface area contributed by atoms with Gasteiger partial charge < -0.3 is 14.8 Å². The Morgan fingerprint density at radius 1 is 1.40 bits per heavy atom. The van der Waals surface area contributed by atoms with Gasteiger partial charge in [0.15, 0.2) is 0 Å². The molecular weight excluding hydrogens is 256 g/mol. The molecule has 0 amide bonds. The number of ether oxygens (including phenoxy) is 1. The molecule has 2 atom stereocenters. The lowest BCUT2D eigenvalue weighted by atomic mass is 9.90. The number of rotatable bonds is 4. The fourth-order valence-corrected chi connectivity index (χ4v) is 3.20. The third-order valence-electron chi connectivity index (χ3n) is 4.42. The molecule has 2 unspecified atom stereocenters. The second-order valence-electron chi connectivity index (χ2n) is 5.91. The maximum atomic E-state index is 11.1. The Morgan fingerprint density at radius 3 is 3.05 bits per heavy atom. The summed E-state index contributed by atoms with van der Waals surface area (Å²) in [5, 5.41) is 9.09. The van der Waals surface area contributed by atoms with Gasteiger partial charge in [0.25, 0.3) is 0 Å². The molecule has 1 aliphatic carbocycles. The van der Waals surface area contributed by atoms with Gasteiger partial charge in [-0.05, 0) is 38.5 Å². The van der Waals surface area contributed by atoms with E-state index >= 15 is 0 Å². The molecule has 2 heterocycles. The zero-order valence-corrected chi connectivity index (χ0v) is 11.7. The number of hydrogen-bond donors (Lipinski definition) is 2. The van der Waals surface area contributed by atoms with Crippen LogP contribution in [-0.2, 0) is 28.8 Å². The first-order chi connectivity index (χ1) is 9.72. The van der Waals surface area contributed by atoms with Crippen molar-refractivity contribution in [3.05, 3.63) is 17.2 Å². The number of imidazole rings is 1. The minimum absolute atomic E-state index is 0.252. The van der Waals surface area contributed by atoms with Crippen LogP contribution in [0, 0.1) is 5.92 Å². The Labute approximate surface area is 118 Å². The zero-order valence-electron chi connectivity index (χ0n) is 11.7. The average molecular weight is 278 g/mol. The number of nitrogens with one attached hydrogen (secondary N) is 1. The van der Waals surface area contributed by atoms with Crippen molar-refractivity contribution in [2.24, 2.45) is 5.92 Å². The number of carbonyl (C=O) groups is 1. The minimum Gasteiger partial charge on any atom is -0.481 e. The number of nitrogens with zero attached hydrogens (tertiary/aromatic N) is 1. The van der Waals surface area contributed by atoms with Gasteiger partial charge in [0.2, 0.25) is 0 Å². The molecule has 2 aliphatic rings. The fraction of sp³-hybridized carbons (Fsp3) is 0.733. The first-order valence-electron chi connectivity index (χ1n) is 7.63. The molecule has 5 nitrogen and oxygen atoms in total. The van der Waals surface area contributed by atoms with Crippen LogP contribution in [-0.4, -0.2) is 33.8 Å². The van der Waals surface area contributed by atoms with Crippen molar-refractivity contribution in [2.75, 3.05) is 6.61 Å². The van der Waals surface area contributed by atoms with E-state index in [4.69, 9.17) is 9.84 Å². The zero-order chi connectivity index (χ0) is 13.9. The summed E-state index contributed by atoms with van der Waals surface area (Å²) < 4.78 is 5.73. The summed E-state index contributed by atoms with van der Waals surface area (Å²) in [5.74, 6) is 0.0510. The maximum Gasteiger partial charge on any atom is 0.306 e. The van der Waals surface area contributed by atoms with Crippen molar-refractivity contribution in [3.8, 4) is 0 Å². The van der Waals surface area contributed by atoms with Crippen molar-refractivity contribution >= 4 is 5.97 Å². The van der Waals surface area contributed by atoms with Crippen LogP contribution in [0.5, 0.6) is 0 Å². The van der Waals surface area contributed by atoms with Gasteiger partial charge in [-0.2, -0.15) is 0 Å². The van der Waals surface area contributed by atoms with Crippen LogP contribution in [0.2, 0.25) is 0 Å². The van der Waals surface area contributed by atoms with E-state index in [2.05, 4.69) is 9.97 Å². The number of carboxylic acids is 1. The molecule has 0 bridgehead atoms. The lowest BCUT2D eigenvalue weighted by molar-refractivity contribution is -0.142. The van der Waals surface area contributed by atoms with Gasteiger partial charge in [-0.3, -0.25) is 4.79 Å². The Morgan fingerprint density at radius 2 is 2.30 bits per heavy atom. The van der Waals surface area contributed by atoms with Gasteiger partial charge in [-0.25, -0.2) is 4.98 Å². The molecule has 1 aromatic rings. The molecule has 1 fully saturated rings. The fourth-order valence-electron chi connectivity index (χ4n) is 3.20. The molecular formula is C15H22N2O3.